The van der Waals surface area contributed by atoms with E-state index in [1.165, 1.54) is 0 Å². The first-order valence-electron chi connectivity index (χ1n) is 10.2. The van der Waals surface area contributed by atoms with Crippen LogP contribution in [-0.4, -0.2) is 58.4 Å². The lowest BCUT2D eigenvalue weighted by Crippen LogP contribution is -2.48. The van der Waals surface area contributed by atoms with Crippen LogP contribution < -0.4 is 10.2 Å². The predicted octanol–water partition coefficient (Wildman–Crippen LogP) is 2.96. The summed E-state index contributed by atoms with van der Waals surface area (Å²) >= 11 is 0. The van der Waals surface area contributed by atoms with Gasteiger partial charge in [-0.3, -0.25) is 9.69 Å². The van der Waals surface area contributed by atoms with E-state index in [1.54, 1.807) is 6.07 Å². The maximum atomic E-state index is 12.7. The van der Waals surface area contributed by atoms with Gasteiger partial charge in [-0.15, -0.1) is 0 Å². The summed E-state index contributed by atoms with van der Waals surface area (Å²) in [5, 5.41) is 17.7. The summed E-state index contributed by atoms with van der Waals surface area (Å²) in [5.41, 5.74) is 4.31. The molecule has 1 fully saturated rings. The lowest BCUT2D eigenvalue weighted by atomic mass is 10.2. The molecule has 4 rings (SSSR count). The largest absolute Gasteiger partial charge is 0.506 e. The third-order valence-electron chi connectivity index (χ3n) is 5.52. The van der Waals surface area contributed by atoms with Crippen LogP contribution in [0.15, 0.2) is 54.6 Å². The molecule has 1 saturated heterocycles. The van der Waals surface area contributed by atoms with Gasteiger partial charge in [0.15, 0.2) is 0 Å². The van der Waals surface area contributed by atoms with Crippen LogP contribution in [0.5, 0.6) is 5.75 Å². The van der Waals surface area contributed by atoms with Crippen LogP contribution in [-0.2, 0) is 4.79 Å². The van der Waals surface area contributed by atoms with Crippen molar-refractivity contribution in [3.8, 4) is 11.4 Å². The molecule has 3 aromatic rings. The summed E-state index contributed by atoms with van der Waals surface area (Å²) in [4.78, 5) is 17.0. The Balaban J connectivity index is 1.36. The normalized spacial score (nSPS) is 14.7. The molecule has 1 aliphatic rings. The molecule has 0 spiro atoms. The number of rotatable bonds is 5. The van der Waals surface area contributed by atoms with Gasteiger partial charge in [0.1, 0.15) is 5.75 Å². The van der Waals surface area contributed by atoms with Crippen molar-refractivity contribution in [2.75, 3.05) is 42.9 Å². The van der Waals surface area contributed by atoms with E-state index >= 15 is 0 Å². The molecule has 0 unspecified atom stereocenters. The van der Waals surface area contributed by atoms with Crippen molar-refractivity contribution in [3.63, 3.8) is 0 Å². The number of benzene rings is 2. The number of carbonyl (C=O) groups is 1. The number of aromatic hydroxyl groups is 1. The highest BCUT2D eigenvalue weighted by molar-refractivity contribution is 5.93. The van der Waals surface area contributed by atoms with Crippen molar-refractivity contribution in [3.05, 3.63) is 66.0 Å². The molecule has 0 atom stereocenters. The third kappa shape index (κ3) is 4.16. The summed E-state index contributed by atoms with van der Waals surface area (Å²) < 4.78 is 1.86. The van der Waals surface area contributed by atoms with E-state index in [0.29, 0.717) is 12.3 Å². The zero-order valence-electron chi connectivity index (χ0n) is 17.4. The van der Waals surface area contributed by atoms with Gasteiger partial charge < -0.3 is 15.3 Å². The van der Waals surface area contributed by atoms with Gasteiger partial charge in [0.05, 0.1) is 35.0 Å². The molecular formula is C23H27N5O2. The molecule has 30 heavy (non-hydrogen) atoms. The highest BCUT2D eigenvalue weighted by Gasteiger charge is 2.22. The summed E-state index contributed by atoms with van der Waals surface area (Å²) in [7, 11) is 0. The summed E-state index contributed by atoms with van der Waals surface area (Å²) in [6.45, 7) is 7.29. The topological polar surface area (TPSA) is 73.6 Å². The number of aromatic nitrogens is 2. The highest BCUT2D eigenvalue weighted by Crippen LogP contribution is 2.27. The SMILES string of the molecule is Cc1nn(-c2ccccc2)c(C)c1NC(=O)CN1CCN(c2ccccc2O)CC1. The Morgan fingerprint density at radius 1 is 1.00 bits per heavy atom. The molecule has 7 heteroatoms. The molecule has 1 aliphatic heterocycles. The Morgan fingerprint density at radius 3 is 2.37 bits per heavy atom. The van der Waals surface area contributed by atoms with E-state index in [1.807, 2.05) is 67.1 Å². The number of nitrogens with one attached hydrogen (secondary N) is 1. The Labute approximate surface area is 176 Å². The zero-order valence-corrected chi connectivity index (χ0v) is 17.4. The quantitative estimate of drug-likeness (QED) is 0.683. The minimum absolute atomic E-state index is 0.0372. The van der Waals surface area contributed by atoms with Crippen LogP contribution in [0.1, 0.15) is 11.4 Å². The van der Waals surface area contributed by atoms with Crippen molar-refractivity contribution in [1.29, 1.82) is 0 Å². The summed E-state index contributed by atoms with van der Waals surface area (Å²) in [6, 6.07) is 17.3. The van der Waals surface area contributed by atoms with E-state index in [0.717, 1.165) is 54.6 Å². The lowest BCUT2D eigenvalue weighted by molar-refractivity contribution is -0.117. The summed E-state index contributed by atoms with van der Waals surface area (Å²) in [6.07, 6.45) is 0. The number of hydrogen-bond acceptors (Lipinski definition) is 5. The van der Waals surface area contributed by atoms with E-state index in [9.17, 15) is 9.90 Å². The van der Waals surface area contributed by atoms with E-state index in [4.69, 9.17) is 0 Å². The number of anilines is 2. The third-order valence-corrected chi connectivity index (χ3v) is 5.52. The molecule has 0 radical (unpaired) electrons. The number of nitrogens with zero attached hydrogens (tertiary/aromatic N) is 4. The van der Waals surface area contributed by atoms with Gasteiger partial charge in [0, 0.05) is 26.2 Å². The zero-order chi connectivity index (χ0) is 21.1. The molecule has 1 amide bonds. The summed E-state index contributed by atoms with van der Waals surface area (Å²) in [5.74, 6) is 0.259. The number of para-hydroxylation sites is 3. The molecule has 2 aromatic carbocycles. The van der Waals surface area contributed by atoms with Crippen LogP contribution in [0, 0.1) is 13.8 Å². The van der Waals surface area contributed by atoms with E-state index in [-0.39, 0.29) is 5.91 Å². The molecule has 0 bridgehead atoms. The Kier molecular flexibility index (Phi) is 5.72. The van der Waals surface area contributed by atoms with Crippen molar-refractivity contribution in [2.45, 2.75) is 13.8 Å². The highest BCUT2D eigenvalue weighted by atomic mass is 16.3. The monoisotopic (exact) mass is 405 g/mol. The van der Waals surface area contributed by atoms with Gasteiger partial charge in [0.2, 0.25) is 5.91 Å². The average Bonchev–Trinajstić information content (AvgIpc) is 3.04. The van der Waals surface area contributed by atoms with Crippen LogP contribution in [0.2, 0.25) is 0 Å². The number of phenols is 1. The van der Waals surface area contributed by atoms with E-state index < -0.39 is 0 Å². The van der Waals surface area contributed by atoms with Crippen LogP contribution in [0.25, 0.3) is 5.69 Å². The Hall–Kier alpha value is -3.32. The fraction of sp³-hybridized carbons (Fsp3) is 0.304. The second-order valence-corrected chi connectivity index (χ2v) is 7.59. The second kappa shape index (κ2) is 8.59. The first-order chi connectivity index (χ1) is 14.5. The number of aryl methyl sites for hydroxylation is 1. The molecule has 2 N–H and O–H groups in total. The van der Waals surface area contributed by atoms with Crippen molar-refractivity contribution < 1.29 is 9.90 Å². The number of carbonyl (C=O) groups excluding carboxylic acids is 1. The van der Waals surface area contributed by atoms with Crippen molar-refractivity contribution in [2.24, 2.45) is 0 Å². The van der Waals surface area contributed by atoms with Crippen molar-refractivity contribution >= 4 is 17.3 Å². The fourth-order valence-corrected chi connectivity index (χ4v) is 3.90. The first kappa shape index (κ1) is 20.0. The minimum atomic E-state index is -0.0372. The Morgan fingerprint density at radius 2 is 1.67 bits per heavy atom. The molecule has 1 aromatic heterocycles. The molecule has 7 nitrogen and oxygen atoms in total. The lowest BCUT2D eigenvalue weighted by Gasteiger charge is -2.35. The standard InChI is InChI=1S/C23H27N5O2/c1-17-23(18(2)28(25-17)19-8-4-3-5-9-19)24-22(30)16-26-12-14-27(15-13-26)20-10-6-7-11-21(20)29/h3-11,29H,12-16H2,1-2H3,(H,24,30). The van der Waals surface area contributed by atoms with Gasteiger partial charge in [-0.2, -0.15) is 5.10 Å². The number of hydrogen-bond donors (Lipinski definition) is 2. The van der Waals surface area contributed by atoms with Gasteiger partial charge >= 0.3 is 0 Å². The number of phenolic OH excluding ortho intramolecular Hbond substituents is 1. The maximum Gasteiger partial charge on any atom is 0.238 e. The van der Waals surface area contributed by atoms with Gasteiger partial charge in [-0.1, -0.05) is 30.3 Å². The first-order valence-corrected chi connectivity index (χ1v) is 10.2. The van der Waals surface area contributed by atoms with Gasteiger partial charge in [0.25, 0.3) is 0 Å². The predicted molar refractivity (Wildman–Crippen MR) is 118 cm³/mol. The van der Waals surface area contributed by atoms with Crippen LogP contribution >= 0.6 is 0 Å². The average molecular weight is 406 g/mol. The minimum Gasteiger partial charge on any atom is -0.506 e. The molecule has 0 saturated carbocycles. The van der Waals surface area contributed by atoms with E-state index in [2.05, 4.69) is 20.2 Å². The van der Waals surface area contributed by atoms with Gasteiger partial charge in [-0.25, -0.2) is 4.68 Å². The molecule has 0 aliphatic carbocycles. The molecule has 2 heterocycles. The van der Waals surface area contributed by atoms with Crippen LogP contribution in [0.3, 0.4) is 0 Å². The number of piperazine rings is 1. The smallest absolute Gasteiger partial charge is 0.238 e. The second-order valence-electron chi connectivity index (χ2n) is 7.59. The van der Waals surface area contributed by atoms with Crippen LogP contribution in [0.4, 0.5) is 11.4 Å². The molecule has 156 valence electrons. The Bertz CT molecular complexity index is 1020. The van der Waals surface area contributed by atoms with Gasteiger partial charge in [-0.05, 0) is 38.1 Å². The molecular weight excluding hydrogens is 378 g/mol. The fourth-order valence-electron chi connectivity index (χ4n) is 3.90. The maximum absolute atomic E-state index is 12.7. The number of amides is 1. The van der Waals surface area contributed by atoms with Crippen molar-refractivity contribution in [1.82, 2.24) is 14.7 Å².